The highest BCUT2D eigenvalue weighted by Crippen LogP contribution is 2.13. The molecule has 0 aliphatic carbocycles. The van der Waals surface area contributed by atoms with Crippen molar-refractivity contribution < 1.29 is 4.74 Å². The number of rotatable bonds is 5. The van der Waals surface area contributed by atoms with E-state index in [-0.39, 0.29) is 0 Å². The molecule has 0 aromatic heterocycles. The molecule has 0 bridgehead atoms. The Kier molecular flexibility index (Phi) is 4.68. The Hall–Kier alpha value is -0.820. The van der Waals surface area contributed by atoms with Gasteiger partial charge in [0.2, 0.25) is 0 Å². The second kappa shape index (κ2) is 5.82. The van der Waals surface area contributed by atoms with Gasteiger partial charge in [-0.1, -0.05) is 23.8 Å². The van der Waals surface area contributed by atoms with Crippen LogP contribution >= 0.6 is 0 Å². The maximum absolute atomic E-state index is 5.03. The zero-order valence-electron chi connectivity index (χ0n) is 9.47. The van der Waals surface area contributed by atoms with Gasteiger partial charge in [-0.2, -0.15) is 0 Å². The van der Waals surface area contributed by atoms with E-state index in [1.807, 2.05) is 0 Å². The predicted octanol–water partition coefficient (Wildman–Crippen LogP) is 3.27. The molecule has 1 rings (SSSR count). The van der Waals surface area contributed by atoms with Crippen LogP contribution in [0, 0.1) is 13.8 Å². The summed E-state index contributed by atoms with van der Waals surface area (Å²) in [6.45, 7) is 5.22. The Morgan fingerprint density at radius 2 is 1.93 bits per heavy atom. The lowest BCUT2D eigenvalue weighted by molar-refractivity contribution is 0.193. The standard InChI is InChI=1S/C13H20O/c1-11-7-8-12(2)13(10-11)6-4-5-9-14-3/h7-8,10H,4-6,9H2,1-3H3. The quantitative estimate of drug-likeness (QED) is 0.651. The zero-order valence-corrected chi connectivity index (χ0v) is 9.47. The van der Waals surface area contributed by atoms with Gasteiger partial charge < -0.3 is 4.74 Å². The number of benzene rings is 1. The molecule has 0 saturated heterocycles. The van der Waals surface area contributed by atoms with Crippen LogP contribution < -0.4 is 0 Å². The molecule has 0 unspecified atom stereocenters. The third kappa shape index (κ3) is 3.51. The Morgan fingerprint density at radius 1 is 1.14 bits per heavy atom. The number of methoxy groups -OCH3 is 1. The van der Waals surface area contributed by atoms with E-state index in [1.165, 1.54) is 29.5 Å². The summed E-state index contributed by atoms with van der Waals surface area (Å²) in [4.78, 5) is 0. The second-order valence-corrected chi connectivity index (χ2v) is 3.88. The molecule has 0 N–H and O–H groups in total. The van der Waals surface area contributed by atoms with E-state index in [4.69, 9.17) is 4.74 Å². The van der Waals surface area contributed by atoms with Crippen molar-refractivity contribution in [3.05, 3.63) is 34.9 Å². The van der Waals surface area contributed by atoms with Gasteiger partial charge in [-0.05, 0) is 44.2 Å². The van der Waals surface area contributed by atoms with E-state index in [0.717, 1.165) is 13.0 Å². The van der Waals surface area contributed by atoms with Gasteiger partial charge >= 0.3 is 0 Å². The minimum atomic E-state index is 0.880. The highest BCUT2D eigenvalue weighted by atomic mass is 16.5. The highest BCUT2D eigenvalue weighted by Gasteiger charge is 1.98. The molecule has 0 aliphatic rings. The molecular formula is C13H20O. The van der Waals surface area contributed by atoms with E-state index < -0.39 is 0 Å². The van der Waals surface area contributed by atoms with Crippen LogP contribution in [0.4, 0.5) is 0 Å². The first-order chi connectivity index (χ1) is 6.74. The fraction of sp³-hybridized carbons (Fsp3) is 0.538. The fourth-order valence-corrected chi connectivity index (χ4v) is 1.63. The van der Waals surface area contributed by atoms with Crippen molar-refractivity contribution >= 4 is 0 Å². The third-order valence-corrected chi connectivity index (χ3v) is 2.55. The minimum Gasteiger partial charge on any atom is -0.385 e. The SMILES string of the molecule is COCCCCc1cc(C)ccc1C. The lowest BCUT2D eigenvalue weighted by atomic mass is 10.0. The number of hydrogen-bond acceptors (Lipinski definition) is 1. The van der Waals surface area contributed by atoms with Crippen LogP contribution in [-0.2, 0) is 11.2 Å². The van der Waals surface area contributed by atoms with Crippen molar-refractivity contribution in [2.75, 3.05) is 13.7 Å². The molecule has 1 nitrogen and oxygen atoms in total. The van der Waals surface area contributed by atoms with Gasteiger partial charge in [0.15, 0.2) is 0 Å². The third-order valence-electron chi connectivity index (χ3n) is 2.55. The maximum Gasteiger partial charge on any atom is 0.0462 e. The van der Waals surface area contributed by atoms with Gasteiger partial charge in [-0.25, -0.2) is 0 Å². The molecule has 0 atom stereocenters. The van der Waals surface area contributed by atoms with Crippen molar-refractivity contribution in [2.24, 2.45) is 0 Å². The fourth-order valence-electron chi connectivity index (χ4n) is 1.63. The van der Waals surface area contributed by atoms with Crippen LogP contribution in [0.5, 0.6) is 0 Å². The molecule has 1 aromatic carbocycles. The lowest BCUT2D eigenvalue weighted by Crippen LogP contribution is -1.94. The monoisotopic (exact) mass is 192 g/mol. The summed E-state index contributed by atoms with van der Waals surface area (Å²) >= 11 is 0. The van der Waals surface area contributed by atoms with Crippen LogP contribution in [-0.4, -0.2) is 13.7 Å². The van der Waals surface area contributed by atoms with Crippen LogP contribution in [0.3, 0.4) is 0 Å². The number of ether oxygens (including phenoxy) is 1. The number of unbranched alkanes of at least 4 members (excludes halogenated alkanes) is 1. The van der Waals surface area contributed by atoms with E-state index in [1.54, 1.807) is 7.11 Å². The van der Waals surface area contributed by atoms with Gasteiger partial charge in [0.05, 0.1) is 0 Å². The smallest absolute Gasteiger partial charge is 0.0462 e. The number of aryl methyl sites for hydroxylation is 3. The van der Waals surface area contributed by atoms with Gasteiger partial charge in [0.1, 0.15) is 0 Å². The summed E-state index contributed by atoms with van der Waals surface area (Å²) in [5.74, 6) is 0. The summed E-state index contributed by atoms with van der Waals surface area (Å²) in [6, 6.07) is 6.68. The van der Waals surface area contributed by atoms with Crippen molar-refractivity contribution in [1.29, 1.82) is 0 Å². The largest absolute Gasteiger partial charge is 0.385 e. The van der Waals surface area contributed by atoms with E-state index >= 15 is 0 Å². The van der Waals surface area contributed by atoms with Gasteiger partial charge in [-0.15, -0.1) is 0 Å². The molecule has 0 spiro atoms. The molecular weight excluding hydrogens is 172 g/mol. The molecule has 0 saturated carbocycles. The van der Waals surface area contributed by atoms with Crippen LogP contribution in [0.25, 0.3) is 0 Å². The zero-order chi connectivity index (χ0) is 10.4. The highest BCUT2D eigenvalue weighted by molar-refractivity contribution is 5.30. The Bertz CT molecular complexity index is 279. The topological polar surface area (TPSA) is 9.23 Å². The maximum atomic E-state index is 5.03. The molecule has 0 amide bonds. The summed E-state index contributed by atoms with van der Waals surface area (Å²) < 4.78 is 5.03. The Balaban J connectivity index is 2.45. The van der Waals surface area contributed by atoms with Crippen LogP contribution in [0.1, 0.15) is 29.5 Å². The first-order valence-corrected chi connectivity index (χ1v) is 5.29. The van der Waals surface area contributed by atoms with E-state index in [9.17, 15) is 0 Å². The van der Waals surface area contributed by atoms with Gasteiger partial charge in [-0.3, -0.25) is 0 Å². The molecule has 1 heteroatoms. The van der Waals surface area contributed by atoms with Crippen molar-refractivity contribution in [3.8, 4) is 0 Å². The summed E-state index contributed by atoms with van der Waals surface area (Å²) in [5.41, 5.74) is 4.26. The predicted molar refractivity (Wildman–Crippen MR) is 60.7 cm³/mol. The van der Waals surface area contributed by atoms with Crippen molar-refractivity contribution in [1.82, 2.24) is 0 Å². The molecule has 0 fully saturated rings. The average molecular weight is 192 g/mol. The molecule has 1 aromatic rings. The number of hydrogen-bond donors (Lipinski definition) is 0. The van der Waals surface area contributed by atoms with Crippen LogP contribution in [0.15, 0.2) is 18.2 Å². The average Bonchev–Trinajstić information content (AvgIpc) is 2.18. The van der Waals surface area contributed by atoms with Gasteiger partial charge in [0.25, 0.3) is 0 Å². The molecule has 0 aliphatic heterocycles. The Morgan fingerprint density at radius 3 is 2.64 bits per heavy atom. The summed E-state index contributed by atoms with van der Waals surface area (Å²) in [7, 11) is 1.76. The van der Waals surface area contributed by atoms with E-state index in [2.05, 4.69) is 32.0 Å². The first-order valence-electron chi connectivity index (χ1n) is 5.29. The van der Waals surface area contributed by atoms with Crippen LogP contribution in [0.2, 0.25) is 0 Å². The van der Waals surface area contributed by atoms with Gasteiger partial charge in [0, 0.05) is 13.7 Å². The summed E-state index contributed by atoms with van der Waals surface area (Å²) in [5, 5.41) is 0. The minimum absolute atomic E-state index is 0.880. The summed E-state index contributed by atoms with van der Waals surface area (Å²) in [6.07, 6.45) is 3.55. The molecule has 14 heavy (non-hydrogen) atoms. The van der Waals surface area contributed by atoms with Crippen molar-refractivity contribution in [3.63, 3.8) is 0 Å². The normalized spacial score (nSPS) is 10.5. The molecule has 0 heterocycles. The van der Waals surface area contributed by atoms with E-state index in [0.29, 0.717) is 0 Å². The Labute approximate surface area is 87.1 Å². The van der Waals surface area contributed by atoms with Crippen molar-refractivity contribution in [2.45, 2.75) is 33.1 Å². The second-order valence-electron chi connectivity index (χ2n) is 3.88. The first kappa shape index (κ1) is 11.3. The molecule has 78 valence electrons. The molecule has 0 radical (unpaired) electrons. The lowest BCUT2D eigenvalue weighted by Gasteiger charge is -2.06.